The van der Waals surface area contributed by atoms with Crippen LogP contribution in [0.1, 0.15) is 27.6 Å². The summed E-state index contributed by atoms with van der Waals surface area (Å²) >= 11 is 1.72. The third kappa shape index (κ3) is 3.01. The van der Waals surface area contributed by atoms with Crippen LogP contribution in [0.25, 0.3) is 10.2 Å². The lowest BCUT2D eigenvalue weighted by molar-refractivity contribution is 0.927. The normalized spacial score (nSPS) is 11.2. The highest BCUT2D eigenvalue weighted by Gasteiger charge is 2.18. The van der Waals surface area contributed by atoms with Gasteiger partial charge in [0.15, 0.2) is 0 Å². The zero-order chi connectivity index (χ0) is 17.2. The van der Waals surface area contributed by atoms with E-state index in [9.17, 15) is 0 Å². The van der Waals surface area contributed by atoms with E-state index in [-0.39, 0.29) is 6.04 Å². The Morgan fingerprint density at radius 1 is 0.840 bits per heavy atom. The van der Waals surface area contributed by atoms with Crippen LogP contribution in [0, 0.1) is 13.8 Å². The molecule has 1 N–H and O–H groups in total. The molecule has 4 heteroatoms. The van der Waals surface area contributed by atoms with Crippen LogP contribution in [0.15, 0.2) is 67.0 Å². The Bertz CT molecular complexity index is 954. The van der Waals surface area contributed by atoms with Crippen LogP contribution >= 0.6 is 11.3 Å². The summed E-state index contributed by atoms with van der Waals surface area (Å²) in [5.74, 6) is 0.893. The van der Waals surface area contributed by atoms with Crippen LogP contribution in [0.5, 0.6) is 0 Å². The number of hydrogen-bond donors (Lipinski definition) is 1. The van der Waals surface area contributed by atoms with Crippen molar-refractivity contribution in [2.45, 2.75) is 19.9 Å². The van der Waals surface area contributed by atoms with Gasteiger partial charge in [0.1, 0.15) is 17.0 Å². The van der Waals surface area contributed by atoms with Crippen molar-refractivity contribution in [2.24, 2.45) is 0 Å². The number of aromatic nitrogens is 2. The Hall–Kier alpha value is -2.72. The molecule has 2 aromatic heterocycles. The van der Waals surface area contributed by atoms with Gasteiger partial charge in [-0.15, -0.1) is 11.3 Å². The zero-order valence-corrected chi connectivity index (χ0v) is 15.0. The average molecular weight is 345 g/mol. The molecule has 0 atom stereocenters. The summed E-state index contributed by atoms with van der Waals surface area (Å²) in [7, 11) is 0. The molecular weight excluding hydrogens is 326 g/mol. The number of nitrogens with one attached hydrogen (secondary N) is 1. The number of nitrogens with zero attached hydrogens (tertiary/aromatic N) is 2. The Morgan fingerprint density at radius 2 is 1.44 bits per heavy atom. The molecule has 0 radical (unpaired) electrons. The van der Waals surface area contributed by atoms with E-state index in [1.165, 1.54) is 21.6 Å². The minimum atomic E-state index is 0.0418. The predicted molar refractivity (Wildman–Crippen MR) is 105 cm³/mol. The smallest absolute Gasteiger partial charge is 0.139 e. The van der Waals surface area contributed by atoms with Gasteiger partial charge >= 0.3 is 0 Å². The van der Waals surface area contributed by atoms with Gasteiger partial charge in [-0.1, -0.05) is 60.7 Å². The molecule has 4 aromatic rings. The van der Waals surface area contributed by atoms with Gasteiger partial charge in [0.2, 0.25) is 0 Å². The molecule has 3 nitrogen and oxygen atoms in total. The van der Waals surface area contributed by atoms with Gasteiger partial charge in [-0.25, -0.2) is 9.97 Å². The van der Waals surface area contributed by atoms with E-state index < -0.39 is 0 Å². The zero-order valence-electron chi connectivity index (χ0n) is 14.2. The molecule has 0 aliphatic rings. The molecule has 25 heavy (non-hydrogen) atoms. The Morgan fingerprint density at radius 3 is 2.04 bits per heavy atom. The first kappa shape index (κ1) is 15.8. The summed E-state index contributed by atoms with van der Waals surface area (Å²) in [5, 5.41) is 4.79. The van der Waals surface area contributed by atoms with E-state index in [4.69, 9.17) is 0 Å². The van der Waals surface area contributed by atoms with Gasteiger partial charge < -0.3 is 5.32 Å². The first-order valence-electron chi connectivity index (χ1n) is 8.31. The maximum atomic E-state index is 4.56. The SMILES string of the molecule is Cc1sc2ncnc(NC(c3ccccc3)c3ccccc3)c2c1C. The van der Waals surface area contributed by atoms with Crippen molar-refractivity contribution in [2.75, 3.05) is 5.32 Å². The van der Waals surface area contributed by atoms with Gasteiger partial charge in [0.25, 0.3) is 0 Å². The molecule has 0 aliphatic heterocycles. The van der Waals surface area contributed by atoms with Crippen LogP contribution in [-0.2, 0) is 0 Å². The highest BCUT2D eigenvalue weighted by molar-refractivity contribution is 7.18. The fourth-order valence-electron chi connectivity index (χ4n) is 3.08. The quantitative estimate of drug-likeness (QED) is 0.530. The maximum absolute atomic E-state index is 4.56. The number of anilines is 1. The third-order valence-corrected chi connectivity index (χ3v) is 5.63. The highest BCUT2D eigenvalue weighted by Crippen LogP contribution is 2.35. The van der Waals surface area contributed by atoms with Gasteiger partial charge in [0.05, 0.1) is 11.4 Å². The fourth-order valence-corrected chi connectivity index (χ4v) is 4.08. The molecule has 0 amide bonds. The second kappa shape index (κ2) is 6.65. The molecule has 124 valence electrons. The van der Waals surface area contributed by atoms with Crippen molar-refractivity contribution in [3.05, 3.63) is 88.6 Å². The number of thiophene rings is 1. The van der Waals surface area contributed by atoms with Crippen molar-refractivity contribution in [1.29, 1.82) is 0 Å². The lowest BCUT2D eigenvalue weighted by Crippen LogP contribution is -2.13. The Balaban J connectivity index is 1.83. The van der Waals surface area contributed by atoms with Crippen LogP contribution in [0.3, 0.4) is 0 Å². The van der Waals surface area contributed by atoms with E-state index >= 15 is 0 Å². The Kier molecular flexibility index (Phi) is 4.20. The molecule has 0 saturated carbocycles. The first-order chi connectivity index (χ1) is 12.2. The predicted octanol–water partition coefficient (Wildman–Crippen LogP) is 5.51. The largest absolute Gasteiger partial charge is 0.359 e. The topological polar surface area (TPSA) is 37.8 Å². The summed E-state index contributed by atoms with van der Waals surface area (Å²) < 4.78 is 0. The van der Waals surface area contributed by atoms with Crippen molar-refractivity contribution < 1.29 is 0 Å². The van der Waals surface area contributed by atoms with Crippen LogP contribution in [-0.4, -0.2) is 9.97 Å². The highest BCUT2D eigenvalue weighted by atomic mass is 32.1. The van der Waals surface area contributed by atoms with Gasteiger partial charge in [-0.2, -0.15) is 0 Å². The number of fused-ring (bicyclic) bond motifs is 1. The molecular formula is C21H19N3S. The third-order valence-electron chi connectivity index (χ3n) is 4.51. The van der Waals surface area contributed by atoms with Gasteiger partial charge in [0, 0.05) is 4.88 Å². The molecule has 2 heterocycles. The van der Waals surface area contributed by atoms with Crippen molar-refractivity contribution in [1.82, 2.24) is 9.97 Å². The maximum Gasteiger partial charge on any atom is 0.139 e. The van der Waals surface area contributed by atoms with E-state index in [1.54, 1.807) is 17.7 Å². The van der Waals surface area contributed by atoms with Crippen molar-refractivity contribution in [3.8, 4) is 0 Å². The van der Waals surface area contributed by atoms with Gasteiger partial charge in [-0.3, -0.25) is 0 Å². The van der Waals surface area contributed by atoms with Crippen molar-refractivity contribution >= 4 is 27.4 Å². The summed E-state index contributed by atoms with van der Waals surface area (Å²) in [6.07, 6.45) is 1.65. The van der Waals surface area contributed by atoms with Crippen LogP contribution < -0.4 is 5.32 Å². The van der Waals surface area contributed by atoms with Gasteiger partial charge in [-0.05, 0) is 30.5 Å². The lowest BCUT2D eigenvalue weighted by Gasteiger charge is -2.21. The van der Waals surface area contributed by atoms with E-state index in [0.29, 0.717) is 0 Å². The summed E-state index contributed by atoms with van der Waals surface area (Å²) in [6.45, 7) is 4.28. The number of benzene rings is 2. The molecule has 0 spiro atoms. The number of hydrogen-bond acceptors (Lipinski definition) is 4. The lowest BCUT2D eigenvalue weighted by atomic mass is 9.98. The number of rotatable bonds is 4. The minimum Gasteiger partial charge on any atom is -0.359 e. The average Bonchev–Trinajstić information content (AvgIpc) is 2.96. The van der Waals surface area contributed by atoms with Crippen molar-refractivity contribution in [3.63, 3.8) is 0 Å². The summed E-state index contributed by atoms with van der Waals surface area (Å²) in [6, 6.07) is 21.0. The monoisotopic (exact) mass is 345 g/mol. The molecule has 0 unspecified atom stereocenters. The first-order valence-corrected chi connectivity index (χ1v) is 9.13. The van der Waals surface area contributed by atoms with Crippen LogP contribution in [0.2, 0.25) is 0 Å². The summed E-state index contributed by atoms with van der Waals surface area (Å²) in [5.41, 5.74) is 3.68. The molecule has 4 rings (SSSR count). The molecule has 0 fully saturated rings. The molecule has 0 aliphatic carbocycles. The van der Waals surface area contributed by atoms with E-state index in [2.05, 4.69) is 77.7 Å². The fraction of sp³-hybridized carbons (Fsp3) is 0.143. The standard InChI is InChI=1S/C21H19N3S/c1-14-15(2)25-21-18(14)20(22-13-23-21)24-19(16-9-5-3-6-10-16)17-11-7-4-8-12-17/h3-13,19H,1-2H3,(H,22,23,24). The Labute approximate surface area is 151 Å². The summed E-state index contributed by atoms with van der Waals surface area (Å²) in [4.78, 5) is 11.3. The molecule has 0 bridgehead atoms. The second-order valence-corrected chi connectivity index (χ2v) is 7.29. The van der Waals surface area contributed by atoms with E-state index in [1.807, 2.05) is 12.1 Å². The molecule has 0 saturated heterocycles. The second-order valence-electron chi connectivity index (χ2n) is 6.08. The molecule has 2 aromatic carbocycles. The minimum absolute atomic E-state index is 0.0418. The van der Waals surface area contributed by atoms with E-state index in [0.717, 1.165) is 16.0 Å². The van der Waals surface area contributed by atoms with Crippen LogP contribution in [0.4, 0.5) is 5.82 Å². The number of aryl methyl sites for hydroxylation is 2.